The van der Waals surface area contributed by atoms with E-state index in [1.807, 2.05) is 0 Å². The summed E-state index contributed by atoms with van der Waals surface area (Å²) in [5.74, 6) is 0. The molecular weight excluding hydrogens is 242 g/mol. The van der Waals surface area contributed by atoms with E-state index in [-0.39, 0.29) is 23.8 Å². The molecular formula is C14H27N3O2. The Kier molecular flexibility index (Phi) is 4.36. The maximum absolute atomic E-state index is 11.7. The molecule has 0 spiro atoms. The zero-order valence-electron chi connectivity index (χ0n) is 12.5. The molecule has 2 unspecified atom stereocenters. The SMILES string of the molecule is CC1CN(C(C)(C)CNC(=O)NC2CC2)CC(C)O1. The number of hydrogen-bond donors (Lipinski definition) is 2. The van der Waals surface area contributed by atoms with Gasteiger partial charge in [-0.2, -0.15) is 0 Å². The minimum absolute atomic E-state index is 0.0371. The van der Waals surface area contributed by atoms with Crippen molar-refractivity contribution in [3.8, 4) is 0 Å². The number of rotatable bonds is 4. The molecule has 110 valence electrons. The van der Waals surface area contributed by atoms with Crippen LogP contribution in [0.25, 0.3) is 0 Å². The number of nitrogens with one attached hydrogen (secondary N) is 2. The van der Waals surface area contributed by atoms with Gasteiger partial charge in [-0.3, -0.25) is 4.90 Å². The van der Waals surface area contributed by atoms with Gasteiger partial charge in [0, 0.05) is 31.2 Å². The zero-order valence-corrected chi connectivity index (χ0v) is 12.5. The summed E-state index contributed by atoms with van der Waals surface area (Å²) in [7, 11) is 0. The Morgan fingerprint density at radius 3 is 2.37 bits per heavy atom. The Balaban J connectivity index is 1.80. The lowest BCUT2D eigenvalue weighted by Gasteiger charge is -2.45. The first-order valence-corrected chi connectivity index (χ1v) is 7.32. The van der Waals surface area contributed by atoms with E-state index < -0.39 is 0 Å². The van der Waals surface area contributed by atoms with Crippen LogP contribution in [0.2, 0.25) is 0 Å². The number of hydrogen-bond acceptors (Lipinski definition) is 3. The van der Waals surface area contributed by atoms with Crippen molar-refractivity contribution in [3.05, 3.63) is 0 Å². The maximum Gasteiger partial charge on any atom is 0.315 e. The summed E-state index contributed by atoms with van der Waals surface area (Å²) in [6.07, 6.45) is 2.75. The zero-order chi connectivity index (χ0) is 14.0. The van der Waals surface area contributed by atoms with Crippen molar-refractivity contribution < 1.29 is 9.53 Å². The van der Waals surface area contributed by atoms with E-state index in [0.29, 0.717) is 12.6 Å². The predicted octanol–water partition coefficient (Wildman–Crippen LogP) is 1.34. The number of amides is 2. The highest BCUT2D eigenvalue weighted by Crippen LogP contribution is 2.21. The quantitative estimate of drug-likeness (QED) is 0.809. The summed E-state index contributed by atoms with van der Waals surface area (Å²) in [5, 5.41) is 5.94. The van der Waals surface area contributed by atoms with Gasteiger partial charge < -0.3 is 15.4 Å². The monoisotopic (exact) mass is 269 g/mol. The largest absolute Gasteiger partial charge is 0.373 e. The Morgan fingerprint density at radius 1 is 1.26 bits per heavy atom. The Labute approximate surface area is 116 Å². The number of nitrogens with zero attached hydrogens (tertiary/aromatic N) is 1. The molecule has 2 aliphatic rings. The van der Waals surface area contributed by atoms with Crippen LogP contribution in [0.4, 0.5) is 4.79 Å². The summed E-state index contributed by atoms with van der Waals surface area (Å²) in [4.78, 5) is 14.1. The highest BCUT2D eigenvalue weighted by molar-refractivity contribution is 5.74. The van der Waals surface area contributed by atoms with Crippen LogP contribution in [-0.2, 0) is 4.74 Å². The minimum Gasteiger partial charge on any atom is -0.373 e. The Hall–Kier alpha value is -0.810. The molecule has 1 heterocycles. The molecule has 5 nitrogen and oxygen atoms in total. The van der Waals surface area contributed by atoms with Crippen LogP contribution in [0.5, 0.6) is 0 Å². The lowest BCUT2D eigenvalue weighted by atomic mass is 10.0. The van der Waals surface area contributed by atoms with Crippen LogP contribution in [-0.4, -0.2) is 54.4 Å². The Bertz CT molecular complexity index is 319. The molecule has 0 bridgehead atoms. The van der Waals surface area contributed by atoms with E-state index in [0.717, 1.165) is 25.9 Å². The first-order valence-electron chi connectivity index (χ1n) is 7.32. The van der Waals surface area contributed by atoms with E-state index >= 15 is 0 Å². The molecule has 1 aliphatic heterocycles. The third kappa shape index (κ3) is 4.35. The van der Waals surface area contributed by atoms with Gasteiger partial charge >= 0.3 is 6.03 Å². The number of ether oxygens (including phenoxy) is 1. The third-order valence-electron chi connectivity index (χ3n) is 3.87. The number of morpholine rings is 1. The highest BCUT2D eigenvalue weighted by Gasteiger charge is 2.33. The van der Waals surface area contributed by atoms with Crippen LogP contribution in [0.15, 0.2) is 0 Å². The molecule has 0 aromatic rings. The van der Waals surface area contributed by atoms with Gasteiger partial charge in [0.05, 0.1) is 12.2 Å². The molecule has 2 amide bonds. The van der Waals surface area contributed by atoms with E-state index in [1.165, 1.54) is 0 Å². The summed E-state index contributed by atoms with van der Waals surface area (Å²) < 4.78 is 5.76. The summed E-state index contributed by atoms with van der Waals surface area (Å²) >= 11 is 0. The third-order valence-corrected chi connectivity index (χ3v) is 3.87. The Morgan fingerprint density at radius 2 is 1.84 bits per heavy atom. The number of carbonyl (C=O) groups is 1. The molecule has 0 aromatic heterocycles. The first-order chi connectivity index (χ1) is 8.87. The maximum atomic E-state index is 11.7. The fraction of sp³-hybridized carbons (Fsp3) is 0.929. The van der Waals surface area contributed by atoms with Gasteiger partial charge in [-0.05, 0) is 40.5 Å². The normalized spacial score (nSPS) is 29.1. The van der Waals surface area contributed by atoms with E-state index in [9.17, 15) is 4.79 Å². The molecule has 1 saturated heterocycles. The summed E-state index contributed by atoms with van der Waals surface area (Å²) in [6.45, 7) is 11.1. The molecule has 1 saturated carbocycles. The second-order valence-corrected chi connectivity index (χ2v) is 6.58. The molecule has 0 aromatic carbocycles. The van der Waals surface area contributed by atoms with Crippen LogP contribution in [0.1, 0.15) is 40.5 Å². The molecule has 1 aliphatic carbocycles. The number of carbonyl (C=O) groups excluding carboxylic acids is 1. The van der Waals surface area contributed by atoms with Gasteiger partial charge in [-0.25, -0.2) is 4.79 Å². The smallest absolute Gasteiger partial charge is 0.315 e. The van der Waals surface area contributed by atoms with Crippen molar-refractivity contribution >= 4 is 6.03 Å². The molecule has 2 atom stereocenters. The molecule has 2 rings (SSSR count). The molecule has 5 heteroatoms. The van der Waals surface area contributed by atoms with Crippen molar-refractivity contribution in [1.82, 2.24) is 15.5 Å². The van der Waals surface area contributed by atoms with Crippen molar-refractivity contribution in [2.24, 2.45) is 0 Å². The number of urea groups is 1. The summed E-state index contributed by atoms with van der Waals surface area (Å²) in [6, 6.07) is 0.372. The van der Waals surface area contributed by atoms with Gasteiger partial charge in [0.1, 0.15) is 0 Å². The summed E-state index contributed by atoms with van der Waals surface area (Å²) in [5.41, 5.74) is -0.0484. The predicted molar refractivity (Wildman–Crippen MR) is 75.2 cm³/mol. The minimum atomic E-state index is -0.0484. The van der Waals surface area contributed by atoms with Gasteiger partial charge in [-0.15, -0.1) is 0 Å². The standard InChI is InChI=1S/C14H27N3O2/c1-10-7-17(8-11(2)19-10)14(3,4)9-15-13(18)16-12-5-6-12/h10-12H,5-9H2,1-4H3,(H2,15,16,18). The lowest BCUT2D eigenvalue weighted by Crippen LogP contribution is -2.59. The topological polar surface area (TPSA) is 53.6 Å². The van der Waals surface area contributed by atoms with Crippen LogP contribution in [0.3, 0.4) is 0 Å². The van der Waals surface area contributed by atoms with E-state index in [4.69, 9.17) is 4.74 Å². The fourth-order valence-electron chi connectivity index (χ4n) is 2.54. The van der Waals surface area contributed by atoms with Gasteiger partial charge in [0.25, 0.3) is 0 Å². The molecule has 2 fully saturated rings. The van der Waals surface area contributed by atoms with Gasteiger partial charge in [0.15, 0.2) is 0 Å². The average Bonchev–Trinajstić information content (AvgIpc) is 3.09. The van der Waals surface area contributed by atoms with Crippen LogP contribution >= 0.6 is 0 Å². The van der Waals surface area contributed by atoms with E-state index in [2.05, 4.69) is 43.2 Å². The highest BCUT2D eigenvalue weighted by atomic mass is 16.5. The van der Waals surface area contributed by atoms with Crippen molar-refractivity contribution in [3.63, 3.8) is 0 Å². The lowest BCUT2D eigenvalue weighted by molar-refractivity contribution is -0.0947. The van der Waals surface area contributed by atoms with Crippen molar-refractivity contribution in [2.45, 2.75) is 64.3 Å². The van der Waals surface area contributed by atoms with Gasteiger partial charge in [-0.1, -0.05) is 0 Å². The molecule has 19 heavy (non-hydrogen) atoms. The van der Waals surface area contributed by atoms with E-state index in [1.54, 1.807) is 0 Å². The van der Waals surface area contributed by atoms with Crippen LogP contribution < -0.4 is 10.6 Å². The van der Waals surface area contributed by atoms with Gasteiger partial charge in [0.2, 0.25) is 0 Å². The average molecular weight is 269 g/mol. The molecule has 0 radical (unpaired) electrons. The second-order valence-electron chi connectivity index (χ2n) is 6.58. The van der Waals surface area contributed by atoms with Crippen molar-refractivity contribution in [2.75, 3.05) is 19.6 Å². The second kappa shape index (κ2) is 5.67. The van der Waals surface area contributed by atoms with Crippen molar-refractivity contribution in [1.29, 1.82) is 0 Å². The fourth-order valence-corrected chi connectivity index (χ4v) is 2.54. The molecule has 2 N–H and O–H groups in total. The van der Waals surface area contributed by atoms with Crippen LogP contribution in [0, 0.1) is 0 Å². The first kappa shape index (κ1) is 14.6.